The molecule has 2 heterocycles. The summed E-state index contributed by atoms with van der Waals surface area (Å²) in [6.45, 7) is 2.57. The van der Waals surface area contributed by atoms with Crippen molar-refractivity contribution in [1.29, 1.82) is 0 Å². The molecule has 0 radical (unpaired) electrons. The van der Waals surface area contributed by atoms with E-state index in [9.17, 15) is 9.59 Å². The Hall–Kier alpha value is -3.06. The first-order valence-corrected chi connectivity index (χ1v) is 9.70. The molecule has 29 heavy (non-hydrogen) atoms. The topological polar surface area (TPSA) is 79.9 Å². The number of rotatable bonds is 6. The lowest BCUT2D eigenvalue weighted by molar-refractivity contribution is -0.126. The van der Waals surface area contributed by atoms with Crippen molar-refractivity contribution in [2.24, 2.45) is 5.92 Å². The molecule has 1 atom stereocenters. The van der Waals surface area contributed by atoms with Gasteiger partial charge in [-0.05, 0) is 16.7 Å². The van der Waals surface area contributed by atoms with Gasteiger partial charge >= 0.3 is 0 Å². The van der Waals surface area contributed by atoms with Crippen molar-refractivity contribution in [2.75, 3.05) is 25.7 Å². The molecule has 2 aliphatic heterocycles. The summed E-state index contributed by atoms with van der Waals surface area (Å²) < 4.78 is 10.6. The highest BCUT2D eigenvalue weighted by atomic mass is 16.5. The highest BCUT2D eigenvalue weighted by Gasteiger charge is 2.35. The SMILES string of the molecule is COc1cc(OC)cc(N2CC(C(=O)NCc3ccc4c(c3)CNC4)CC2=O)c1. The summed E-state index contributed by atoms with van der Waals surface area (Å²) in [5.74, 6) is 0.645. The molecule has 2 aromatic carbocycles. The summed E-state index contributed by atoms with van der Waals surface area (Å²) in [6, 6.07) is 11.6. The first-order chi connectivity index (χ1) is 14.1. The third kappa shape index (κ3) is 4.05. The molecule has 2 aromatic rings. The standard InChI is InChI=1S/C22H25N3O4/c1-28-19-7-18(8-20(9-19)29-2)25-13-17(6-21(25)26)22(27)24-10-14-3-4-15-11-23-12-16(15)5-14/h3-5,7-9,17,23H,6,10-13H2,1-2H3,(H,24,27). The number of ether oxygens (including phenoxy) is 2. The van der Waals surface area contributed by atoms with Crippen LogP contribution in [0.2, 0.25) is 0 Å². The Morgan fingerprint density at radius 1 is 1.10 bits per heavy atom. The molecule has 2 amide bonds. The van der Waals surface area contributed by atoms with E-state index < -0.39 is 0 Å². The minimum absolute atomic E-state index is 0.0796. The molecule has 1 saturated heterocycles. The summed E-state index contributed by atoms with van der Waals surface area (Å²) in [5, 5.41) is 6.30. The number of benzene rings is 2. The van der Waals surface area contributed by atoms with Gasteiger partial charge in [-0.3, -0.25) is 9.59 Å². The van der Waals surface area contributed by atoms with Crippen LogP contribution in [0.3, 0.4) is 0 Å². The van der Waals surface area contributed by atoms with Gasteiger partial charge in [-0.25, -0.2) is 0 Å². The Kier molecular flexibility index (Phi) is 5.40. The number of methoxy groups -OCH3 is 2. The summed E-state index contributed by atoms with van der Waals surface area (Å²) in [7, 11) is 3.13. The van der Waals surface area contributed by atoms with Crippen LogP contribution in [0, 0.1) is 5.92 Å². The van der Waals surface area contributed by atoms with Gasteiger partial charge in [-0.2, -0.15) is 0 Å². The predicted octanol–water partition coefficient (Wildman–Crippen LogP) is 1.98. The van der Waals surface area contributed by atoms with Crippen LogP contribution in [0.4, 0.5) is 5.69 Å². The van der Waals surface area contributed by atoms with Gasteiger partial charge in [0.15, 0.2) is 0 Å². The largest absolute Gasteiger partial charge is 0.497 e. The van der Waals surface area contributed by atoms with Crippen LogP contribution in [-0.4, -0.2) is 32.6 Å². The van der Waals surface area contributed by atoms with Gasteiger partial charge in [-0.15, -0.1) is 0 Å². The highest BCUT2D eigenvalue weighted by molar-refractivity contribution is 6.00. The quantitative estimate of drug-likeness (QED) is 0.782. The molecule has 7 nitrogen and oxygen atoms in total. The molecule has 152 valence electrons. The Bertz CT molecular complexity index is 921. The molecule has 0 saturated carbocycles. The van der Waals surface area contributed by atoms with Gasteiger partial charge in [0.2, 0.25) is 11.8 Å². The van der Waals surface area contributed by atoms with Gasteiger partial charge in [0, 0.05) is 50.8 Å². The maximum atomic E-state index is 12.7. The van der Waals surface area contributed by atoms with Crippen molar-refractivity contribution in [3.8, 4) is 11.5 Å². The maximum absolute atomic E-state index is 12.7. The molecule has 1 fully saturated rings. The fraction of sp³-hybridized carbons (Fsp3) is 0.364. The molecular weight excluding hydrogens is 370 g/mol. The van der Waals surface area contributed by atoms with E-state index in [2.05, 4.69) is 22.8 Å². The number of carbonyl (C=O) groups excluding carboxylic acids is 2. The molecule has 0 bridgehead atoms. The van der Waals surface area contributed by atoms with Crippen LogP contribution in [0.25, 0.3) is 0 Å². The zero-order chi connectivity index (χ0) is 20.4. The lowest BCUT2D eigenvalue weighted by atomic mass is 10.1. The second-order valence-corrected chi connectivity index (χ2v) is 7.40. The second-order valence-electron chi connectivity index (χ2n) is 7.40. The molecule has 1 unspecified atom stereocenters. The van der Waals surface area contributed by atoms with E-state index in [4.69, 9.17) is 9.47 Å². The number of fused-ring (bicyclic) bond motifs is 1. The summed E-state index contributed by atoms with van der Waals surface area (Å²) >= 11 is 0. The highest BCUT2D eigenvalue weighted by Crippen LogP contribution is 2.32. The lowest BCUT2D eigenvalue weighted by Crippen LogP contribution is -2.32. The summed E-state index contributed by atoms with van der Waals surface area (Å²) in [6.07, 6.45) is 0.194. The van der Waals surface area contributed by atoms with Gasteiger partial charge in [0.1, 0.15) is 11.5 Å². The number of amides is 2. The number of carbonyl (C=O) groups is 2. The van der Waals surface area contributed by atoms with Crippen LogP contribution >= 0.6 is 0 Å². The Morgan fingerprint density at radius 2 is 1.83 bits per heavy atom. The smallest absolute Gasteiger partial charge is 0.227 e. The van der Waals surface area contributed by atoms with Crippen molar-refractivity contribution >= 4 is 17.5 Å². The summed E-state index contributed by atoms with van der Waals surface area (Å²) in [4.78, 5) is 26.8. The predicted molar refractivity (Wildman–Crippen MR) is 109 cm³/mol. The van der Waals surface area contributed by atoms with Gasteiger partial charge in [0.25, 0.3) is 0 Å². The number of anilines is 1. The Morgan fingerprint density at radius 3 is 2.55 bits per heavy atom. The van der Waals surface area contributed by atoms with Crippen LogP contribution in [0.15, 0.2) is 36.4 Å². The van der Waals surface area contributed by atoms with Crippen molar-refractivity contribution in [1.82, 2.24) is 10.6 Å². The molecule has 0 aliphatic carbocycles. The van der Waals surface area contributed by atoms with Gasteiger partial charge in [-0.1, -0.05) is 18.2 Å². The molecule has 0 aromatic heterocycles. The average Bonchev–Trinajstić information content (AvgIpc) is 3.37. The third-order valence-corrected chi connectivity index (χ3v) is 5.51. The van der Waals surface area contributed by atoms with Crippen molar-refractivity contribution in [3.63, 3.8) is 0 Å². The molecule has 7 heteroatoms. The molecule has 0 spiro atoms. The van der Waals surface area contributed by atoms with E-state index >= 15 is 0 Å². The third-order valence-electron chi connectivity index (χ3n) is 5.51. The first-order valence-electron chi connectivity index (χ1n) is 9.70. The Labute approximate surface area is 170 Å². The maximum Gasteiger partial charge on any atom is 0.227 e. The van der Waals surface area contributed by atoms with Gasteiger partial charge < -0.3 is 25.0 Å². The van der Waals surface area contributed by atoms with Crippen molar-refractivity contribution in [3.05, 3.63) is 53.1 Å². The number of nitrogens with zero attached hydrogens (tertiary/aromatic N) is 1. The Balaban J connectivity index is 1.40. The minimum atomic E-state index is -0.379. The van der Waals surface area contributed by atoms with E-state index in [1.54, 1.807) is 37.3 Å². The van der Waals surface area contributed by atoms with E-state index in [0.29, 0.717) is 30.3 Å². The van der Waals surface area contributed by atoms with Crippen LogP contribution in [-0.2, 0) is 29.2 Å². The van der Waals surface area contributed by atoms with Crippen LogP contribution in [0.5, 0.6) is 11.5 Å². The van der Waals surface area contributed by atoms with Crippen LogP contribution in [0.1, 0.15) is 23.1 Å². The molecule has 2 aliphatic rings. The molecule has 4 rings (SSSR count). The zero-order valence-corrected chi connectivity index (χ0v) is 16.7. The molecular formula is C22H25N3O4. The fourth-order valence-electron chi connectivity index (χ4n) is 3.87. The fourth-order valence-corrected chi connectivity index (χ4v) is 3.87. The minimum Gasteiger partial charge on any atom is -0.497 e. The molecule has 2 N–H and O–H groups in total. The lowest BCUT2D eigenvalue weighted by Gasteiger charge is -2.18. The van der Waals surface area contributed by atoms with E-state index in [1.807, 2.05) is 6.07 Å². The van der Waals surface area contributed by atoms with E-state index in [1.165, 1.54) is 11.1 Å². The van der Waals surface area contributed by atoms with Crippen molar-refractivity contribution < 1.29 is 19.1 Å². The average molecular weight is 395 g/mol. The monoisotopic (exact) mass is 395 g/mol. The second kappa shape index (κ2) is 8.13. The van der Waals surface area contributed by atoms with E-state index in [0.717, 1.165) is 18.7 Å². The number of nitrogens with one attached hydrogen (secondary N) is 2. The first kappa shape index (κ1) is 19.3. The number of hydrogen-bond acceptors (Lipinski definition) is 5. The normalized spacial score (nSPS) is 17.9. The van der Waals surface area contributed by atoms with Crippen molar-refractivity contribution in [2.45, 2.75) is 26.1 Å². The van der Waals surface area contributed by atoms with Crippen LogP contribution < -0.4 is 25.0 Å². The zero-order valence-electron chi connectivity index (χ0n) is 16.7. The number of hydrogen-bond donors (Lipinski definition) is 2. The van der Waals surface area contributed by atoms with Gasteiger partial charge in [0.05, 0.1) is 25.8 Å². The van der Waals surface area contributed by atoms with E-state index in [-0.39, 0.29) is 24.2 Å². The summed E-state index contributed by atoms with van der Waals surface area (Å²) in [5.41, 5.74) is 4.34.